The van der Waals surface area contributed by atoms with Crippen molar-refractivity contribution in [2.24, 2.45) is 10.7 Å². The van der Waals surface area contributed by atoms with Gasteiger partial charge >= 0.3 is 0 Å². The number of hydrogen-bond acceptors (Lipinski definition) is 6. The fourth-order valence-corrected chi connectivity index (χ4v) is 4.63. The monoisotopic (exact) mass is 499 g/mol. The number of rotatable bonds is 8. The molecule has 0 saturated carbocycles. The first-order valence-electron chi connectivity index (χ1n) is 12.7. The maximum atomic E-state index is 13.2. The molecule has 0 aliphatic carbocycles. The van der Waals surface area contributed by atoms with Crippen molar-refractivity contribution in [3.8, 4) is 11.1 Å². The van der Waals surface area contributed by atoms with Gasteiger partial charge in [-0.1, -0.05) is 32.0 Å². The average molecular weight is 500 g/mol. The molecule has 2 aromatic carbocycles. The van der Waals surface area contributed by atoms with E-state index in [4.69, 9.17) is 5.73 Å². The van der Waals surface area contributed by atoms with Crippen LogP contribution in [-0.4, -0.2) is 53.8 Å². The predicted octanol–water partition coefficient (Wildman–Crippen LogP) is 3.95. The van der Waals surface area contributed by atoms with E-state index in [9.17, 15) is 14.4 Å². The van der Waals surface area contributed by atoms with E-state index < -0.39 is 0 Å². The summed E-state index contributed by atoms with van der Waals surface area (Å²) in [7, 11) is 1.66. The standard InChI is InChI=1S/C29H33N5O3/c1-4-11-33(12-5-2)28(36)23-15-22-7-6-20(16-25(22)32-26(30)17-23)19-8-9-24-21(14-19)10-13-34(29(24)37)27(35)18-31-3/h6-10,13-16,31H,4-5,11-12,17-18H2,1-3H3,(H2,30,32). The molecule has 0 bridgehead atoms. The summed E-state index contributed by atoms with van der Waals surface area (Å²) in [5.74, 6) is 0.0963. The van der Waals surface area contributed by atoms with Crippen LogP contribution in [0.3, 0.4) is 0 Å². The number of amidine groups is 1. The lowest BCUT2D eigenvalue weighted by atomic mass is 9.99. The summed E-state index contributed by atoms with van der Waals surface area (Å²) in [5.41, 5.74) is 9.89. The summed E-state index contributed by atoms with van der Waals surface area (Å²) in [4.78, 5) is 44.7. The molecule has 1 amide bonds. The highest BCUT2D eigenvalue weighted by Gasteiger charge is 2.21. The Bertz CT molecular complexity index is 1460. The highest BCUT2D eigenvalue weighted by Crippen LogP contribution is 2.33. The molecule has 4 rings (SSSR count). The van der Waals surface area contributed by atoms with Crippen LogP contribution in [0, 0.1) is 0 Å². The van der Waals surface area contributed by atoms with Gasteiger partial charge in [0.05, 0.1) is 12.2 Å². The highest BCUT2D eigenvalue weighted by molar-refractivity contribution is 6.05. The van der Waals surface area contributed by atoms with E-state index in [0.717, 1.165) is 39.5 Å². The maximum absolute atomic E-state index is 13.2. The fourth-order valence-electron chi connectivity index (χ4n) is 4.63. The van der Waals surface area contributed by atoms with Gasteiger partial charge in [0.15, 0.2) is 0 Å². The number of fused-ring (bicyclic) bond motifs is 2. The fraction of sp³-hybridized carbons (Fsp3) is 0.310. The SMILES string of the molecule is CCCN(CCC)C(=O)C1=Cc2ccc(-c3ccc4c(=O)n(C(=O)CNC)ccc4c3)cc2N=C(N)C1. The molecule has 8 nitrogen and oxygen atoms in total. The van der Waals surface area contributed by atoms with Crippen molar-refractivity contribution in [2.45, 2.75) is 33.1 Å². The van der Waals surface area contributed by atoms with Crippen LogP contribution < -0.4 is 16.6 Å². The van der Waals surface area contributed by atoms with E-state index in [1.165, 1.54) is 6.20 Å². The van der Waals surface area contributed by atoms with Crippen LogP contribution >= 0.6 is 0 Å². The van der Waals surface area contributed by atoms with Gasteiger partial charge < -0.3 is 16.0 Å². The summed E-state index contributed by atoms with van der Waals surface area (Å²) < 4.78 is 1.13. The minimum Gasteiger partial charge on any atom is -0.387 e. The Labute approximate surface area is 216 Å². The lowest BCUT2D eigenvalue weighted by Gasteiger charge is -2.22. The molecular formula is C29H33N5O3. The van der Waals surface area contributed by atoms with Crippen molar-refractivity contribution < 1.29 is 9.59 Å². The van der Waals surface area contributed by atoms with E-state index in [1.54, 1.807) is 19.2 Å². The normalized spacial score (nSPS) is 12.9. The van der Waals surface area contributed by atoms with Crippen molar-refractivity contribution in [1.82, 2.24) is 14.8 Å². The van der Waals surface area contributed by atoms with Crippen molar-refractivity contribution in [1.29, 1.82) is 0 Å². The third kappa shape index (κ3) is 5.54. The first-order chi connectivity index (χ1) is 17.9. The Morgan fingerprint density at radius 2 is 1.76 bits per heavy atom. The van der Waals surface area contributed by atoms with E-state index in [2.05, 4.69) is 24.2 Å². The molecule has 8 heteroatoms. The molecule has 37 heavy (non-hydrogen) atoms. The highest BCUT2D eigenvalue weighted by atomic mass is 16.2. The van der Waals surface area contributed by atoms with E-state index in [-0.39, 0.29) is 23.9 Å². The van der Waals surface area contributed by atoms with Crippen LogP contribution in [0.4, 0.5) is 5.69 Å². The van der Waals surface area contributed by atoms with Crippen molar-refractivity contribution >= 4 is 40.2 Å². The smallest absolute Gasteiger partial charge is 0.265 e. The summed E-state index contributed by atoms with van der Waals surface area (Å²) in [5, 5.41) is 3.99. The number of nitrogens with one attached hydrogen (secondary N) is 1. The Morgan fingerprint density at radius 1 is 1.05 bits per heavy atom. The van der Waals surface area contributed by atoms with Gasteiger partial charge in [0.2, 0.25) is 11.8 Å². The zero-order chi connectivity index (χ0) is 26.5. The number of aliphatic imine (C=N–C) groups is 1. The van der Waals surface area contributed by atoms with E-state index >= 15 is 0 Å². The van der Waals surface area contributed by atoms with Gasteiger partial charge in [-0.3, -0.25) is 19.0 Å². The molecule has 2 heterocycles. The van der Waals surface area contributed by atoms with Crippen molar-refractivity contribution in [3.05, 3.63) is 70.2 Å². The van der Waals surface area contributed by atoms with Gasteiger partial charge in [0.1, 0.15) is 5.84 Å². The second kappa shape index (κ2) is 11.3. The minimum atomic E-state index is -0.342. The van der Waals surface area contributed by atoms with E-state index in [1.807, 2.05) is 41.3 Å². The van der Waals surface area contributed by atoms with Crippen molar-refractivity contribution in [2.75, 3.05) is 26.7 Å². The molecule has 0 atom stereocenters. The first kappa shape index (κ1) is 26.0. The number of aromatic nitrogens is 1. The number of nitrogens with zero attached hydrogens (tertiary/aromatic N) is 3. The van der Waals surface area contributed by atoms with Crippen LogP contribution in [0.5, 0.6) is 0 Å². The zero-order valence-corrected chi connectivity index (χ0v) is 21.6. The first-order valence-corrected chi connectivity index (χ1v) is 12.7. The van der Waals surface area contributed by atoms with Gasteiger partial charge in [-0.25, -0.2) is 4.99 Å². The molecule has 1 aliphatic heterocycles. The summed E-state index contributed by atoms with van der Waals surface area (Å²) in [6.07, 6.45) is 5.51. The molecule has 0 unspecified atom stereocenters. The number of hydrogen-bond donors (Lipinski definition) is 2. The Morgan fingerprint density at radius 3 is 2.46 bits per heavy atom. The number of pyridine rings is 1. The van der Waals surface area contributed by atoms with Crippen LogP contribution in [0.2, 0.25) is 0 Å². The van der Waals surface area contributed by atoms with Gasteiger partial charge in [-0.15, -0.1) is 0 Å². The molecule has 0 saturated heterocycles. The second-order valence-electron chi connectivity index (χ2n) is 9.23. The number of likely N-dealkylation sites (N-methyl/N-ethyl adjacent to an activating group) is 1. The van der Waals surface area contributed by atoms with Crippen LogP contribution in [-0.2, 0) is 4.79 Å². The van der Waals surface area contributed by atoms with Crippen LogP contribution in [0.15, 0.2) is 64.0 Å². The lowest BCUT2D eigenvalue weighted by Crippen LogP contribution is -2.34. The number of carbonyl (C=O) groups excluding carboxylic acids is 2. The predicted molar refractivity (Wildman–Crippen MR) is 149 cm³/mol. The minimum absolute atomic E-state index is 0.00663. The average Bonchev–Trinajstić information content (AvgIpc) is 3.05. The number of carbonyl (C=O) groups is 2. The summed E-state index contributed by atoms with van der Waals surface area (Å²) >= 11 is 0. The molecule has 0 fully saturated rings. The molecular weight excluding hydrogens is 466 g/mol. The molecule has 3 aromatic rings. The maximum Gasteiger partial charge on any atom is 0.265 e. The number of amides is 1. The lowest BCUT2D eigenvalue weighted by molar-refractivity contribution is -0.127. The van der Waals surface area contributed by atoms with Gasteiger partial charge in [0, 0.05) is 42.2 Å². The quantitative estimate of drug-likeness (QED) is 0.488. The van der Waals surface area contributed by atoms with Crippen LogP contribution in [0.1, 0.15) is 43.5 Å². The third-order valence-electron chi connectivity index (χ3n) is 6.38. The Hall–Kier alpha value is -4.04. The second-order valence-corrected chi connectivity index (χ2v) is 9.23. The molecule has 1 aromatic heterocycles. The molecule has 1 aliphatic rings. The molecule has 0 radical (unpaired) electrons. The summed E-state index contributed by atoms with van der Waals surface area (Å²) in [6.45, 7) is 5.64. The molecule has 3 N–H and O–H groups in total. The third-order valence-corrected chi connectivity index (χ3v) is 6.38. The molecule has 0 spiro atoms. The van der Waals surface area contributed by atoms with Gasteiger partial charge in [-0.2, -0.15) is 0 Å². The molecule has 192 valence electrons. The topological polar surface area (TPSA) is 110 Å². The summed E-state index contributed by atoms with van der Waals surface area (Å²) in [6, 6.07) is 13.2. The Kier molecular flexibility index (Phi) is 7.98. The van der Waals surface area contributed by atoms with Crippen LogP contribution in [0.25, 0.3) is 28.0 Å². The largest absolute Gasteiger partial charge is 0.387 e. The van der Waals surface area contributed by atoms with Gasteiger partial charge in [0.25, 0.3) is 5.56 Å². The van der Waals surface area contributed by atoms with E-state index in [0.29, 0.717) is 42.0 Å². The number of benzene rings is 2. The Balaban J connectivity index is 1.69. The zero-order valence-electron chi connectivity index (χ0n) is 21.6. The number of nitrogens with two attached hydrogens (primary N) is 1. The van der Waals surface area contributed by atoms with Crippen molar-refractivity contribution in [3.63, 3.8) is 0 Å². The van der Waals surface area contributed by atoms with Gasteiger partial charge in [-0.05, 0) is 66.7 Å².